The summed E-state index contributed by atoms with van der Waals surface area (Å²) in [5.41, 5.74) is 1.30. The predicted octanol–water partition coefficient (Wildman–Crippen LogP) is 3.28. The molecule has 2 atom stereocenters. The van der Waals surface area contributed by atoms with E-state index in [1.807, 2.05) is 20.2 Å². The van der Waals surface area contributed by atoms with Crippen LogP contribution in [0.4, 0.5) is 5.69 Å². The Bertz CT molecular complexity index is 903. The van der Waals surface area contributed by atoms with Crippen molar-refractivity contribution in [1.82, 2.24) is 25.2 Å². The molecule has 1 aromatic carbocycles. The van der Waals surface area contributed by atoms with Gasteiger partial charge in [0.2, 0.25) is 11.8 Å². The van der Waals surface area contributed by atoms with E-state index in [1.54, 1.807) is 27.8 Å². The van der Waals surface area contributed by atoms with Crippen LogP contribution in [0.5, 0.6) is 0 Å². The molecule has 1 aromatic heterocycles. The summed E-state index contributed by atoms with van der Waals surface area (Å²) >= 11 is 12.1. The Kier molecular flexibility index (Phi) is 7.69. The highest BCUT2D eigenvalue weighted by molar-refractivity contribution is 6.36. The Hall–Kier alpha value is -2.16. The van der Waals surface area contributed by atoms with Gasteiger partial charge in [-0.2, -0.15) is 0 Å². The molecule has 1 aliphatic rings. The lowest BCUT2D eigenvalue weighted by Gasteiger charge is -2.34. The number of carbonyl (C=O) groups excluding carboxylic acids is 2. The van der Waals surface area contributed by atoms with Crippen LogP contribution in [0.25, 0.3) is 0 Å². The molecule has 162 valence electrons. The number of likely N-dealkylation sites (tertiary alicyclic amines) is 1. The zero-order chi connectivity index (χ0) is 21.7. The molecule has 2 unspecified atom stereocenters. The Morgan fingerprint density at radius 2 is 2.10 bits per heavy atom. The number of nitrogens with one attached hydrogen (secondary N) is 2. The topological polar surface area (TPSA) is 92.2 Å². The smallest absolute Gasteiger partial charge is 0.247 e. The van der Waals surface area contributed by atoms with E-state index in [1.165, 1.54) is 0 Å². The zero-order valence-corrected chi connectivity index (χ0v) is 18.6. The number of hydrogen-bond donors (Lipinski definition) is 2. The van der Waals surface area contributed by atoms with Crippen LogP contribution in [0.2, 0.25) is 10.0 Å². The van der Waals surface area contributed by atoms with Gasteiger partial charge in [-0.05, 0) is 51.4 Å². The largest absolute Gasteiger partial charge is 0.331 e. The summed E-state index contributed by atoms with van der Waals surface area (Å²) in [5, 5.41) is 15.0. The second-order valence-electron chi connectivity index (χ2n) is 7.38. The number of piperidine rings is 1. The van der Waals surface area contributed by atoms with Crippen molar-refractivity contribution in [2.75, 3.05) is 18.9 Å². The molecule has 0 aliphatic carbocycles. The maximum atomic E-state index is 12.9. The number of benzene rings is 1. The zero-order valence-electron chi connectivity index (χ0n) is 17.1. The average molecular weight is 453 g/mol. The fourth-order valence-corrected chi connectivity index (χ4v) is 3.89. The third kappa shape index (κ3) is 5.50. The molecule has 0 spiro atoms. The summed E-state index contributed by atoms with van der Waals surface area (Å²) < 4.78 is 1.66. The van der Waals surface area contributed by atoms with E-state index in [-0.39, 0.29) is 24.3 Å². The number of anilines is 1. The first-order valence-corrected chi connectivity index (χ1v) is 10.8. The lowest BCUT2D eigenvalue weighted by molar-refractivity contribution is -0.140. The third-order valence-electron chi connectivity index (χ3n) is 5.30. The number of rotatable bonds is 7. The third-order valence-corrected chi connectivity index (χ3v) is 5.85. The van der Waals surface area contributed by atoms with E-state index < -0.39 is 6.04 Å². The summed E-state index contributed by atoms with van der Waals surface area (Å²) in [5.74, 6) is -0.311. The van der Waals surface area contributed by atoms with Gasteiger partial charge in [-0.25, -0.2) is 0 Å². The van der Waals surface area contributed by atoms with E-state index >= 15 is 0 Å². The first-order chi connectivity index (χ1) is 14.4. The molecule has 0 saturated carbocycles. The summed E-state index contributed by atoms with van der Waals surface area (Å²) in [4.78, 5) is 27.4. The van der Waals surface area contributed by atoms with Crippen LogP contribution in [0, 0.1) is 0 Å². The number of nitrogens with zero attached hydrogens (tertiary/aromatic N) is 4. The minimum absolute atomic E-state index is 0.0734. The number of aromatic nitrogens is 3. The van der Waals surface area contributed by atoms with Gasteiger partial charge >= 0.3 is 0 Å². The predicted molar refractivity (Wildman–Crippen MR) is 117 cm³/mol. The van der Waals surface area contributed by atoms with E-state index in [9.17, 15) is 9.59 Å². The molecule has 1 aliphatic heterocycles. The van der Waals surface area contributed by atoms with Gasteiger partial charge in [0.25, 0.3) is 0 Å². The highest BCUT2D eigenvalue weighted by Crippen LogP contribution is 2.27. The fraction of sp³-hybridized carbons (Fsp3) is 0.500. The normalized spacial score (nSPS) is 17.6. The van der Waals surface area contributed by atoms with Gasteiger partial charge in [-0.3, -0.25) is 14.3 Å². The SMILES string of the molecule is CNC(C)c1cn(CCC(=O)N2CCCCC2C(=O)Nc2ccc(Cl)cc2Cl)nn1. The van der Waals surface area contributed by atoms with E-state index in [4.69, 9.17) is 23.2 Å². The van der Waals surface area contributed by atoms with Crippen molar-refractivity contribution in [3.8, 4) is 0 Å². The van der Waals surface area contributed by atoms with E-state index in [0.717, 1.165) is 18.5 Å². The number of carbonyl (C=O) groups is 2. The molecule has 1 fully saturated rings. The van der Waals surface area contributed by atoms with Gasteiger partial charge in [-0.15, -0.1) is 5.10 Å². The minimum Gasteiger partial charge on any atom is -0.331 e. The maximum absolute atomic E-state index is 12.9. The van der Waals surface area contributed by atoms with Crippen molar-refractivity contribution in [2.45, 2.75) is 51.2 Å². The monoisotopic (exact) mass is 452 g/mol. The molecule has 2 heterocycles. The van der Waals surface area contributed by atoms with Crippen molar-refractivity contribution in [3.05, 3.63) is 40.1 Å². The molecular weight excluding hydrogens is 427 g/mol. The van der Waals surface area contributed by atoms with Gasteiger partial charge in [0, 0.05) is 24.0 Å². The quantitative estimate of drug-likeness (QED) is 0.672. The minimum atomic E-state index is -0.520. The molecule has 3 rings (SSSR count). The highest BCUT2D eigenvalue weighted by Gasteiger charge is 2.32. The molecule has 2 N–H and O–H groups in total. The Balaban J connectivity index is 1.62. The molecule has 30 heavy (non-hydrogen) atoms. The van der Waals surface area contributed by atoms with Gasteiger partial charge in [0.05, 0.1) is 29.1 Å². The van der Waals surface area contributed by atoms with Gasteiger partial charge < -0.3 is 15.5 Å². The standard InChI is InChI=1S/C20H26Cl2N6O2/c1-13(23-2)17-12-27(26-25-17)10-8-19(29)28-9-4-3-5-18(28)20(30)24-16-7-6-14(21)11-15(16)22/h6-7,11-13,18,23H,3-5,8-10H2,1-2H3,(H,24,30). The number of halogens is 2. The van der Waals surface area contributed by atoms with Crippen molar-refractivity contribution >= 4 is 40.7 Å². The van der Waals surface area contributed by atoms with Gasteiger partial charge in [0.1, 0.15) is 6.04 Å². The maximum Gasteiger partial charge on any atom is 0.247 e. The van der Waals surface area contributed by atoms with Crippen LogP contribution in [0.1, 0.15) is 44.3 Å². The van der Waals surface area contributed by atoms with Crippen molar-refractivity contribution in [1.29, 1.82) is 0 Å². The van der Waals surface area contributed by atoms with E-state index in [0.29, 0.717) is 35.2 Å². The molecule has 2 amide bonds. The molecular formula is C20H26Cl2N6O2. The number of amides is 2. The van der Waals surface area contributed by atoms with Crippen molar-refractivity contribution in [2.24, 2.45) is 0 Å². The van der Waals surface area contributed by atoms with Gasteiger partial charge in [-0.1, -0.05) is 28.4 Å². The highest BCUT2D eigenvalue weighted by atomic mass is 35.5. The first kappa shape index (κ1) is 22.5. The lowest BCUT2D eigenvalue weighted by Crippen LogP contribution is -2.50. The second kappa shape index (κ2) is 10.2. The van der Waals surface area contributed by atoms with Crippen LogP contribution in [-0.4, -0.2) is 51.3 Å². The number of aryl methyl sites for hydroxylation is 1. The molecule has 8 nitrogen and oxygen atoms in total. The van der Waals surface area contributed by atoms with Gasteiger partial charge in [0.15, 0.2) is 0 Å². The summed E-state index contributed by atoms with van der Waals surface area (Å²) in [6, 6.07) is 4.46. The molecule has 2 aromatic rings. The average Bonchev–Trinajstić information content (AvgIpc) is 3.22. The van der Waals surface area contributed by atoms with E-state index in [2.05, 4.69) is 20.9 Å². The van der Waals surface area contributed by atoms with Crippen molar-refractivity contribution < 1.29 is 9.59 Å². The van der Waals surface area contributed by atoms with Crippen LogP contribution < -0.4 is 10.6 Å². The summed E-state index contributed by atoms with van der Waals surface area (Å²) in [7, 11) is 1.85. The lowest BCUT2D eigenvalue weighted by atomic mass is 10.0. The second-order valence-corrected chi connectivity index (χ2v) is 8.22. The van der Waals surface area contributed by atoms with Crippen LogP contribution in [0.3, 0.4) is 0 Å². The number of hydrogen-bond acceptors (Lipinski definition) is 5. The van der Waals surface area contributed by atoms with Crippen LogP contribution >= 0.6 is 23.2 Å². The van der Waals surface area contributed by atoms with Crippen molar-refractivity contribution in [3.63, 3.8) is 0 Å². The summed E-state index contributed by atoms with van der Waals surface area (Å²) in [6.07, 6.45) is 4.48. The molecule has 1 saturated heterocycles. The first-order valence-electron chi connectivity index (χ1n) is 10.0. The van der Waals surface area contributed by atoms with Crippen LogP contribution in [-0.2, 0) is 16.1 Å². The van der Waals surface area contributed by atoms with Crippen LogP contribution in [0.15, 0.2) is 24.4 Å². The molecule has 0 bridgehead atoms. The summed E-state index contributed by atoms with van der Waals surface area (Å²) in [6.45, 7) is 2.96. The Morgan fingerprint density at radius 3 is 2.83 bits per heavy atom. The molecule has 10 heteroatoms. The Morgan fingerprint density at radius 1 is 1.30 bits per heavy atom. The molecule has 0 radical (unpaired) electrons. The fourth-order valence-electron chi connectivity index (χ4n) is 3.43. The Labute approximate surface area is 185 Å².